The lowest BCUT2D eigenvalue weighted by Crippen LogP contribution is -2.45. The molecular formula is C15H18FNO2. The highest BCUT2D eigenvalue weighted by atomic mass is 19.1. The Kier molecular flexibility index (Phi) is 3.05. The Hall–Kier alpha value is -1.42. The van der Waals surface area contributed by atoms with Crippen LogP contribution in [0.2, 0.25) is 0 Å². The van der Waals surface area contributed by atoms with Gasteiger partial charge in [0.15, 0.2) is 0 Å². The summed E-state index contributed by atoms with van der Waals surface area (Å²) >= 11 is 0. The number of hydrogen-bond donors (Lipinski definition) is 1. The molecule has 0 bridgehead atoms. The van der Waals surface area contributed by atoms with Crippen LogP contribution in [0.15, 0.2) is 24.3 Å². The van der Waals surface area contributed by atoms with Gasteiger partial charge in [0.25, 0.3) is 0 Å². The first-order valence-electron chi connectivity index (χ1n) is 6.85. The van der Waals surface area contributed by atoms with Crippen LogP contribution in [-0.4, -0.2) is 35.1 Å². The molecule has 1 aromatic carbocycles. The molecule has 1 N–H and O–H groups in total. The van der Waals surface area contributed by atoms with Gasteiger partial charge in [-0.3, -0.25) is 4.79 Å². The highest BCUT2D eigenvalue weighted by Gasteiger charge is 2.53. The van der Waals surface area contributed by atoms with E-state index < -0.39 is 5.41 Å². The Labute approximate surface area is 112 Å². The number of aliphatic hydroxyl groups is 1. The predicted octanol–water partition coefficient (Wildman–Crippen LogP) is 1.84. The zero-order valence-electron chi connectivity index (χ0n) is 10.8. The van der Waals surface area contributed by atoms with Crippen molar-refractivity contribution in [3.8, 4) is 0 Å². The molecule has 1 aliphatic heterocycles. The lowest BCUT2D eigenvalue weighted by Gasteiger charge is -2.32. The van der Waals surface area contributed by atoms with Gasteiger partial charge in [0, 0.05) is 13.1 Å². The molecule has 3 rings (SSSR count). The molecule has 1 saturated heterocycles. The summed E-state index contributed by atoms with van der Waals surface area (Å²) in [7, 11) is 0. The molecule has 1 heterocycles. The maximum atomic E-state index is 13.3. The fraction of sp³-hybridized carbons (Fsp3) is 0.533. The van der Waals surface area contributed by atoms with Gasteiger partial charge >= 0.3 is 0 Å². The molecule has 1 saturated carbocycles. The molecule has 102 valence electrons. The molecule has 19 heavy (non-hydrogen) atoms. The Morgan fingerprint density at radius 1 is 1.32 bits per heavy atom. The quantitative estimate of drug-likeness (QED) is 0.884. The lowest BCUT2D eigenvalue weighted by molar-refractivity contribution is -0.136. The van der Waals surface area contributed by atoms with Crippen LogP contribution in [0, 0.1) is 5.82 Å². The summed E-state index contributed by atoms with van der Waals surface area (Å²) in [6, 6.07) is 6.38. The molecule has 0 radical (unpaired) electrons. The largest absolute Gasteiger partial charge is 0.393 e. The van der Waals surface area contributed by atoms with Crippen LogP contribution in [0.3, 0.4) is 0 Å². The van der Waals surface area contributed by atoms with Gasteiger partial charge in [-0.25, -0.2) is 4.39 Å². The molecule has 2 fully saturated rings. The number of halogens is 1. The van der Waals surface area contributed by atoms with Crippen LogP contribution < -0.4 is 0 Å². The van der Waals surface area contributed by atoms with Gasteiger partial charge in [0.1, 0.15) is 5.82 Å². The topological polar surface area (TPSA) is 40.5 Å². The van der Waals surface area contributed by atoms with E-state index in [1.54, 1.807) is 6.07 Å². The lowest BCUT2D eigenvalue weighted by atomic mass is 9.93. The molecule has 0 atom stereocenters. The van der Waals surface area contributed by atoms with Crippen molar-refractivity contribution >= 4 is 5.91 Å². The molecular weight excluding hydrogens is 245 g/mol. The van der Waals surface area contributed by atoms with Crippen molar-refractivity contribution in [3.05, 3.63) is 35.6 Å². The number of hydrogen-bond acceptors (Lipinski definition) is 2. The summed E-state index contributed by atoms with van der Waals surface area (Å²) in [5, 5.41) is 9.49. The van der Waals surface area contributed by atoms with Crippen LogP contribution in [-0.2, 0) is 10.2 Å². The maximum absolute atomic E-state index is 13.3. The molecule has 1 aromatic rings. The van der Waals surface area contributed by atoms with Crippen molar-refractivity contribution in [1.82, 2.24) is 4.90 Å². The van der Waals surface area contributed by atoms with Gasteiger partial charge in [-0.05, 0) is 43.4 Å². The highest BCUT2D eigenvalue weighted by Crippen LogP contribution is 2.50. The molecule has 0 unspecified atom stereocenters. The summed E-state index contributed by atoms with van der Waals surface area (Å²) in [4.78, 5) is 14.4. The molecule has 4 heteroatoms. The van der Waals surface area contributed by atoms with E-state index in [0.717, 1.165) is 18.4 Å². The number of aliphatic hydroxyl groups excluding tert-OH is 1. The zero-order chi connectivity index (χ0) is 13.5. The number of carbonyl (C=O) groups is 1. The van der Waals surface area contributed by atoms with E-state index in [0.29, 0.717) is 25.9 Å². The second-order valence-electron chi connectivity index (χ2n) is 5.62. The van der Waals surface area contributed by atoms with Crippen molar-refractivity contribution in [2.24, 2.45) is 0 Å². The number of benzene rings is 1. The Morgan fingerprint density at radius 2 is 2.00 bits per heavy atom. The third kappa shape index (κ3) is 2.25. The van der Waals surface area contributed by atoms with E-state index in [2.05, 4.69) is 0 Å². The summed E-state index contributed by atoms with van der Waals surface area (Å²) < 4.78 is 13.3. The molecule has 3 nitrogen and oxygen atoms in total. The number of piperidine rings is 1. The molecule has 0 aromatic heterocycles. The number of carbonyl (C=O) groups excluding carboxylic acids is 1. The normalized spacial score (nSPS) is 22.3. The number of amides is 1. The van der Waals surface area contributed by atoms with Gasteiger partial charge in [-0.1, -0.05) is 12.1 Å². The number of nitrogens with zero attached hydrogens (tertiary/aromatic N) is 1. The second-order valence-corrected chi connectivity index (χ2v) is 5.62. The van der Waals surface area contributed by atoms with Gasteiger partial charge in [-0.2, -0.15) is 0 Å². The first kappa shape index (κ1) is 12.6. The van der Waals surface area contributed by atoms with Crippen molar-refractivity contribution in [2.75, 3.05) is 13.1 Å². The van der Waals surface area contributed by atoms with Crippen molar-refractivity contribution in [1.29, 1.82) is 0 Å². The Morgan fingerprint density at radius 3 is 2.58 bits per heavy atom. The van der Waals surface area contributed by atoms with Crippen molar-refractivity contribution in [3.63, 3.8) is 0 Å². The maximum Gasteiger partial charge on any atom is 0.233 e. The highest BCUT2D eigenvalue weighted by molar-refractivity contribution is 5.91. The zero-order valence-corrected chi connectivity index (χ0v) is 10.8. The predicted molar refractivity (Wildman–Crippen MR) is 69.1 cm³/mol. The van der Waals surface area contributed by atoms with E-state index in [4.69, 9.17) is 0 Å². The van der Waals surface area contributed by atoms with Crippen LogP contribution in [0.5, 0.6) is 0 Å². The first-order valence-corrected chi connectivity index (χ1v) is 6.85. The van der Waals surface area contributed by atoms with Crippen molar-refractivity contribution < 1.29 is 14.3 Å². The molecule has 2 aliphatic rings. The number of rotatable bonds is 2. The Bertz CT molecular complexity index is 491. The summed E-state index contributed by atoms with van der Waals surface area (Å²) in [6.45, 7) is 1.22. The minimum atomic E-state index is -0.496. The average Bonchev–Trinajstić information content (AvgIpc) is 3.20. The van der Waals surface area contributed by atoms with E-state index >= 15 is 0 Å². The third-order valence-electron chi connectivity index (χ3n) is 4.29. The molecule has 1 amide bonds. The first-order chi connectivity index (χ1) is 9.12. The fourth-order valence-corrected chi connectivity index (χ4v) is 2.91. The number of likely N-dealkylation sites (tertiary alicyclic amines) is 1. The fourth-order valence-electron chi connectivity index (χ4n) is 2.91. The van der Waals surface area contributed by atoms with Crippen LogP contribution in [0.1, 0.15) is 31.2 Å². The van der Waals surface area contributed by atoms with Crippen LogP contribution >= 0.6 is 0 Å². The van der Waals surface area contributed by atoms with Gasteiger partial charge < -0.3 is 10.0 Å². The van der Waals surface area contributed by atoms with E-state index in [-0.39, 0.29) is 17.8 Å². The summed E-state index contributed by atoms with van der Waals surface area (Å²) in [6.07, 6.45) is 2.60. The van der Waals surface area contributed by atoms with Crippen molar-refractivity contribution in [2.45, 2.75) is 37.2 Å². The van der Waals surface area contributed by atoms with E-state index in [1.165, 1.54) is 12.1 Å². The monoisotopic (exact) mass is 263 g/mol. The third-order valence-corrected chi connectivity index (χ3v) is 4.29. The minimum Gasteiger partial charge on any atom is -0.393 e. The van der Waals surface area contributed by atoms with E-state index in [1.807, 2.05) is 11.0 Å². The Balaban J connectivity index is 1.79. The summed E-state index contributed by atoms with van der Waals surface area (Å²) in [5.41, 5.74) is 0.299. The smallest absolute Gasteiger partial charge is 0.233 e. The van der Waals surface area contributed by atoms with E-state index in [9.17, 15) is 14.3 Å². The van der Waals surface area contributed by atoms with Crippen LogP contribution in [0.4, 0.5) is 4.39 Å². The minimum absolute atomic E-state index is 0.102. The van der Waals surface area contributed by atoms with Gasteiger partial charge in [-0.15, -0.1) is 0 Å². The summed E-state index contributed by atoms with van der Waals surface area (Å²) in [5.74, 6) is -0.185. The van der Waals surface area contributed by atoms with Crippen LogP contribution in [0.25, 0.3) is 0 Å². The standard InChI is InChI=1S/C15H18FNO2/c16-12-3-1-2-11(10-12)15(6-7-15)14(19)17-8-4-13(18)5-9-17/h1-3,10,13,18H,4-9H2. The second kappa shape index (κ2) is 4.60. The van der Waals surface area contributed by atoms with Gasteiger partial charge in [0.2, 0.25) is 5.91 Å². The molecule has 1 aliphatic carbocycles. The SMILES string of the molecule is O=C(N1CCC(O)CC1)C1(c2cccc(F)c2)CC1. The molecule has 0 spiro atoms. The van der Waals surface area contributed by atoms with Gasteiger partial charge in [0.05, 0.1) is 11.5 Å². The average molecular weight is 263 g/mol.